The van der Waals surface area contributed by atoms with Gasteiger partial charge in [0.1, 0.15) is 0 Å². The van der Waals surface area contributed by atoms with E-state index in [1.807, 2.05) is 0 Å². The third-order valence-electron chi connectivity index (χ3n) is 13.8. The SMILES string of the molecule is CC(C)C(C)C1CC1C(C)C1CCC2C3CC4CC45CC(O)CCC5(C)C3CCC12C. The molecule has 0 aromatic heterocycles. The quantitative estimate of drug-likeness (QED) is 0.491. The van der Waals surface area contributed by atoms with Crippen LogP contribution in [0.25, 0.3) is 0 Å². The summed E-state index contributed by atoms with van der Waals surface area (Å²) in [5.74, 6) is 9.64. The maximum Gasteiger partial charge on any atom is 0.0546 e. The van der Waals surface area contributed by atoms with Crippen LogP contribution in [0.1, 0.15) is 106 Å². The molecule has 13 unspecified atom stereocenters. The van der Waals surface area contributed by atoms with Gasteiger partial charge in [0.25, 0.3) is 0 Å². The van der Waals surface area contributed by atoms with Crippen molar-refractivity contribution in [2.75, 3.05) is 0 Å². The molecular formula is C30H50O. The van der Waals surface area contributed by atoms with Crippen molar-refractivity contribution in [3.05, 3.63) is 0 Å². The molecule has 0 amide bonds. The van der Waals surface area contributed by atoms with E-state index in [1.165, 1.54) is 51.4 Å². The first kappa shape index (κ1) is 21.5. The standard InChI is InChI=1S/C30H50O/c1-17(2)18(3)22-14-23(22)19(4)25-7-8-26-24-13-20-15-30(20)16-21(31)9-12-29(30,6)27(24)10-11-28(25,26)5/h17-27,31H,7-16H2,1-6H3. The third kappa shape index (κ3) is 2.77. The highest BCUT2D eigenvalue weighted by atomic mass is 16.3. The molecule has 13 atom stereocenters. The van der Waals surface area contributed by atoms with E-state index in [-0.39, 0.29) is 6.10 Å². The van der Waals surface area contributed by atoms with Gasteiger partial charge < -0.3 is 5.11 Å². The minimum Gasteiger partial charge on any atom is -0.393 e. The Morgan fingerprint density at radius 3 is 2.32 bits per heavy atom. The van der Waals surface area contributed by atoms with Gasteiger partial charge in [0.05, 0.1) is 6.10 Å². The molecule has 176 valence electrons. The van der Waals surface area contributed by atoms with Crippen LogP contribution >= 0.6 is 0 Å². The summed E-state index contributed by atoms with van der Waals surface area (Å²) in [5, 5.41) is 10.5. The molecule has 1 N–H and O–H groups in total. The maximum atomic E-state index is 10.5. The zero-order valence-corrected chi connectivity index (χ0v) is 21.4. The minimum absolute atomic E-state index is 0.0000831. The van der Waals surface area contributed by atoms with Crippen molar-refractivity contribution in [2.24, 2.45) is 75.4 Å². The molecule has 0 aromatic carbocycles. The lowest BCUT2D eigenvalue weighted by Gasteiger charge is -2.61. The second-order valence-electron chi connectivity index (χ2n) is 14.7. The second-order valence-corrected chi connectivity index (χ2v) is 14.7. The maximum absolute atomic E-state index is 10.5. The van der Waals surface area contributed by atoms with Crippen LogP contribution in [0.5, 0.6) is 0 Å². The highest BCUT2D eigenvalue weighted by Gasteiger charge is 2.74. The first-order valence-electron chi connectivity index (χ1n) is 14.3. The van der Waals surface area contributed by atoms with E-state index >= 15 is 0 Å². The summed E-state index contributed by atoms with van der Waals surface area (Å²) in [7, 11) is 0. The van der Waals surface area contributed by atoms with Crippen molar-refractivity contribution in [1.82, 2.24) is 0 Å². The summed E-state index contributed by atoms with van der Waals surface area (Å²) in [6.45, 7) is 15.5. The molecule has 0 aromatic rings. The van der Waals surface area contributed by atoms with E-state index in [9.17, 15) is 5.11 Å². The molecule has 0 heterocycles. The molecule has 31 heavy (non-hydrogen) atoms. The Balaban J connectivity index is 1.21. The first-order valence-corrected chi connectivity index (χ1v) is 14.3. The van der Waals surface area contributed by atoms with Gasteiger partial charge in [0.2, 0.25) is 0 Å². The van der Waals surface area contributed by atoms with Crippen LogP contribution in [-0.2, 0) is 0 Å². The van der Waals surface area contributed by atoms with E-state index in [1.54, 1.807) is 0 Å². The molecule has 6 aliphatic rings. The van der Waals surface area contributed by atoms with E-state index in [0.29, 0.717) is 16.2 Å². The van der Waals surface area contributed by atoms with Gasteiger partial charge in [-0.15, -0.1) is 0 Å². The van der Waals surface area contributed by atoms with Crippen molar-refractivity contribution in [3.8, 4) is 0 Å². The summed E-state index contributed by atoms with van der Waals surface area (Å²) in [5.41, 5.74) is 1.70. The van der Waals surface area contributed by atoms with Crippen LogP contribution < -0.4 is 0 Å². The topological polar surface area (TPSA) is 20.2 Å². The number of hydrogen-bond donors (Lipinski definition) is 1. The van der Waals surface area contributed by atoms with Crippen molar-refractivity contribution >= 4 is 0 Å². The van der Waals surface area contributed by atoms with Crippen LogP contribution in [0, 0.1) is 75.4 Å². The fourth-order valence-corrected chi connectivity index (χ4v) is 11.5. The summed E-state index contributed by atoms with van der Waals surface area (Å²) in [6, 6.07) is 0. The predicted molar refractivity (Wildman–Crippen MR) is 128 cm³/mol. The zero-order valence-electron chi connectivity index (χ0n) is 21.4. The Morgan fingerprint density at radius 2 is 1.58 bits per heavy atom. The summed E-state index contributed by atoms with van der Waals surface area (Å²) < 4.78 is 0. The monoisotopic (exact) mass is 426 g/mol. The molecule has 6 rings (SSSR count). The van der Waals surface area contributed by atoms with Crippen LogP contribution in [0.3, 0.4) is 0 Å². The highest BCUT2D eigenvalue weighted by Crippen LogP contribution is 2.81. The van der Waals surface area contributed by atoms with E-state index in [2.05, 4.69) is 41.5 Å². The molecular weight excluding hydrogens is 376 g/mol. The molecule has 1 nitrogen and oxygen atoms in total. The average Bonchev–Trinajstić information content (AvgIpc) is 3.61. The lowest BCUT2D eigenvalue weighted by Crippen LogP contribution is -2.55. The Labute approximate surface area is 192 Å². The minimum atomic E-state index is -0.0000831. The van der Waals surface area contributed by atoms with Gasteiger partial charge in [-0.2, -0.15) is 0 Å². The van der Waals surface area contributed by atoms with Gasteiger partial charge in [0, 0.05) is 0 Å². The Morgan fingerprint density at radius 1 is 0.806 bits per heavy atom. The number of fused-ring (bicyclic) bond motifs is 4. The van der Waals surface area contributed by atoms with E-state index in [4.69, 9.17) is 0 Å². The number of rotatable bonds is 4. The van der Waals surface area contributed by atoms with Crippen molar-refractivity contribution in [3.63, 3.8) is 0 Å². The molecule has 1 spiro atoms. The van der Waals surface area contributed by atoms with Crippen LogP contribution in [0.2, 0.25) is 0 Å². The van der Waals surface area contributed by atoms with Gasteiger partial charge in [-0.1, -0.05) is 41.5 Å². The number of aliphatic hydroxyl groups excluding tert-OH is 1. The lowest BCUT2D eigenvalue weighted by molar-refractivity contribution is -0.138. The largest absolute Gasteiger partial charge is 0.393 e. The molecule has 6 fully saturated rings. The number of aliphatic hydroxyl groups is 1. The third-order valence-corrected chi connectivity index (χ3v) is 13.8. The fraction of sp³-hybridized carbons (Fsp3) is 1.00. The van der Waals surface area contributed by atoms with Crippen LogP contribution in [0.15, 0.2) is 0 Å². The normalized spacial score (nSPS) is 59.2. The molecule has 0 radical (unpaired) electrons. The van der Waals surface area contributed by atoms with Crippen molar-refractivity contribution < 1.29 is 5.11 Å². The Kier molecular flexibility index (Phi) is 4.69. The van der Waals surface area contributed by atoms with Gasteiger partial charge in [-0.3, -0.25) is 0 Å². The molecule has 6 saturated carbocycles. The Bertz CT molecular complexity index is 728. The molecule has 0 bridgehead atoms. The van der Waals surface area contributed by atoms with Gasteiger partial charge in [-0.05, 0) is 140 Å². The van der Waals surface area contributed by atoms with Crippen LogP contribution in [-0.4, -0.2) is 11.2 Å². The van der Waals surface area contributed by atoms with E-state index in [0.717, 1.165) is 72.0 Å². The Hall–Kier alpha value is -0.0400. The number of hydrogen-bond acceptors (Lipinski definition) is 1. The molecule has 0 saturated heterocycles. The summed E-state index contributed by atoms with van der Waals surface area (Å²) in [4.78, 5) is 0. The first-order chi connectivity index (χ1) is 14.6. The smallest absolute Gasteiger partial charge is 0.0546 e. The van der Waals surface area contributed by atoms with E-state index < -0.39 is 0 Å². The van der Waals surface area contributed by atoms with Crippen molar-refractivity contribution in [1.29, 1.82) is 0 Å². The lowest BCUT2D eigenvalue weighted by atomic mass is 9.44. The molecule has 6 aliphatic carbocycles. The summed E-state index contributed by atoms with van der Waals surface area (Å²) in [6.07, 6.45) is 14.1. The predicted octanol–water partition coefficient (Wildman–Crippen LogP) is 7.57. The molecule has 0 aliphatic heterocycles. The average molecular weight is 427 g/mol. The fourth-order valence-electron chi connectivity index (χ4n) is 11.5. The second kappa shape index (κ2) is 6.76. The molecule has 1 heteroatoms. The van der Waals surface area contributed by atoms with Crippen molar-refractivity contribution in [2.45, 2.75) is 112 Å². The highest BCUT2D eigenvalue weighted by molar-refractivity contribution is 5.22. The van der Waals surface area contributed by atoms with Gasteiger partial charge in [0.15, 0.2) is 0 Å². The van der Waals surface area contributed by atoms with Gasteiger partial charge in [-0.25, -0.2) is 0 Å². The van der Waals surface area contributed by atoms with Crippen LogP contribution in [0.4, 0.5) is 0 Å². The zero-order chi connectivity index (χ0) is 21.9. The van der Waals surface area contributed by atoms with Gasteiger partial charge >= 0.3 is 0 Å². The summed E-state index contributed by atoms with van der Waals surface area (Å²) >= 11 is 0.